The predicted octanol–water partition coefficient (Wildman–Crippen LogP) is 4.56. The van der Waals surface area contributed by atoms with Crippen molar-refractivity contribution in [3.63, 3.8) is 0 Å². The summed E-state index contributed by atoms with van der Waals surface area (Å²) in [6.07, 6.45) is 10.8. The van der Waals surface area contributed by atoms with Gasteiger partial charge in [0.15, 0.2) is 0 Å². The van der Waals surface area contributed by atoms with Crippen molar-refractivity contribution < 1.29 is 0 Å². The van der Waals surface area contributed by atoms with Crippen LogP contribution in [-0.4, -0.2) is 0 Å². The second-order valence-electron chi connectivity index (χ2n) is 2.53. The summed E-state index contributed by atoms with van der Waals surface area (Å²) in [7, 11) is 0. The van der Waals surface area contributed by atoms with Gasteiger partial charge in [-0.15, -0.1) is 6.58 Å². The highest BCUT2D eigenvalue weighted by molar-refractivity contribution is 4.51. The van der Waals surface area contributed by atoms with E-state index in [1.807, 2.05) is 20.8 Å². The molecule has 0 heteroatoms. The van der Waals surface area contributed by atoms with Crippen molar-refractivity contribution in [1.82, 2.24) is 0 Å². The Kier molecular flexibility index (Phi) is 19.9. The third-order valence-corrected chi connectivity index (χ3v) is 1.50. The summed E-state index contributed by atoms with van der Waals surface area (Å²) in [4.78, 5) is 0. The van der Waals surface area contributed by atoms with Gasteiger partial charge in [0.2, 0.25) is 0 Å². The summed E-state index contributed by atoms with van der Waals surface area (Å²) in [6.45, 7) is 9.25. The van der Waals surface area contributed by atoms with Crippen LogP contribution in [0, 0.1) is 0 Å². The Bertz CT molecular complexity index is 39.5. The standard InChI is InChI=1S/C6H12.C3H6.C2H6/c1-2-4-6-5-3-1;1-3-2;1-2/h1-6H2;3H,1H2,2H3;1-2H3. The van der Waals surface area contributed by atoms with Gasteiger partial charge in [-0.1, -0.05) is 58.4 Å². The zero-order chi connectivity index (χ0) is 8.95. The minimum absolute atomic E-state index is 1.50. The molecule has 0 aromatic carbocycles. The first-order valence-electron chi connectivity index (χ1n) is 4.99. The third kappa shape index (κ3) is 17.7. The second kappa shape index (κ2) is 16.4. The average molecular weight is 156 g/mol. The van der Waals surface area contributed by atoms with Crippen LogP contribution in [0.4, 0.5) is 0 Å². The lowest BCUT2D eigenvalue weighted by Crippen LogP contribution is -1.85. The molecule has 0 atom stereocenters. The Hall–Kier alpha value is -0.260. The van der Waals surface area contributed by atoms with Gasteiger partial charge in [0, 0.05) is 0 Å². The zero-order valence-corrected chi connectivity index (χ0v) is 8.53. The molecule has 1 aliphatic carbocycles. The van der Waals surface area contributed by atoms with Gasteiger partial charge in [0.25, 0.3) is 0 Å². The molecule has 0 N–H and O–H groups in total. The summed E-state index contributed by atoms with van der Waals surface area (Å²) < 4.78 is 0. The number of hydrogen-bond acceptors (Lipinski definition) is 0. The van der Waals surface area contributed by atoms with E-state index in [4.69, 9.17) is 0 Å². The molecule has 1 aliphatic rings. The molecule has 1 saturated carbocycles. The van der Waals surface area contributed by atoms with Crippen LogP contribution in [-0.2, 0) is 0 Å². The lowest BCUT2D eigenvalue weighted by atomic mass is 10.0. The van der Waals surface area contributed by atoms with Gasteiger partial charge in [-0.05, 0) is 6.92 Å². The second-order valence-corrected chi connectivity index (χ2v) is 2.53. The molecule has 0 aromatic heterocycles. The lowest BCUT2D eigenvalue weighted by molar-refractivity contribution is 0.504. The monoisotopic (exact) mass is 156 g/mol. The Morgan fingerprint density at radius 2 is 0.909 bits per heavy atom. The maximum absolute atomic E-state index is 3.36. The fourth-order valence-electron chi connectivity index (χ4n) is 1.06. The van der Waals surface area contributed by atoms with Crippen LogP contribution >= 0.6 is 0 Å². The first-order valence-corrected chi connectivity index (χ1v) is 4.99. The Balaban J connectivity index is 0. The largest absolute Gasteiger partial charge is 0.103 e. The molecule has 68 valence electrons. The number of allylic oxidation sites excluding steroid dienone is 1. The molecule has 11 heavy (non-hydrogen) atoms. The van der Waals surface area contributed by atoms with Crippen LogP contribution < -0.4 is 0 Å². The first-order chi connectivity index (χ1) is 5.41. The van der Waals surface area contributed by atoms with E-state index in [9.17, 15) is 0 Å². The summed E-state index contributed by atoms with van der Waals surface area (Å²) in [5, 5.41) is 0. The molecule has 0 unspecified atom stereocenters. The Morgan fingerprint density at radius 3 is 1.00 bits per heavy atom. The van der Waals surface area contributed by atoms with E-state index < -0.39 is 0 Å². The highest BCUT2D eigenvalue weighted by Gasteiger charge is 1.95. The molecule has 1 rings (SSSR count). The van der Waals surface area contributed by atoms with Crippen molar-refractivity contribution in [2.75, 3.05) is 0 Å². The van der Waals surface area contributed by atoms with Crippen molar-refractivity contribution in [1.29, 1.82) is 0 Å². The van der Waals surface area contributed by atoms with E-state index in [1.165, 1.54) is 38.5 Å². The van der Waals surface area contributed by atoms with Gasteiger partial charge in [0.05, 0.1) is 0 Å². The highest BCUT2D eigenvalue weighted by atomic mass is 14.0. The minimum atomic E-state index is 1.50. The highest BCUT2D eigenvalue weighted by Crippen LogP contribution is 2.15. The number of hydrogen-bond donors (Lipinski definition) is 0. The van der Waals surface area contributed by atoms with E-state index in [-0.39, 0.29) is 0 Å². The molecule has 0 radical (unpaired) electrons. The predicted molar refractivity (Wildman–Crippen MR) is 54.9 cm³/mol. The molecule has 1 fully saturated rings. The lowest BCUT2D eigenvalue weighted by Gasteiger charge is -2.05. The van der Waals surface area contributed by atoms with Crippen LogP contribution in [0.5, 0.6) is 0 Å². The van der Waals surface area contributed by atoms with Crippen molar-refractivity contribution >= 4 is 0 Å². The first kappa shape index (κ1) is 13.3. The summed E-state index contributed by atoms with van der Waals surface area (Å²) >= 11 is 0. The fourth-order valence-corrected chi connectivity index (χ4v) is 1.06. The van der Waals surface area contributed by atoms with Crippen molar-refractivity contribution in [2.24, 2.45) is 0 Å². The van der Waals surface area contributed by atoms with Crippen LogP contribution in [0.1, 0.15) is 59.3 Å². The summed E-state index contributed by atoms with van der Waals surface area (Å²) in [5.74, 6) is 0. The van der Waals surface area contributed by atoms with Gasteiger partial charge >= 0.3 is 0 Å². The quantitative estimate of drug-likeness (QED) is 0.451. The summed E-state index contributed by atoms with van der Waals surface area (Å²) in [5.41, 5.74) is 0. The van der Waals surface area contributed by atoms with Gasteiger partial charge in [-0.2, -0.15) is 0 Å². The van der Waals surface area contributed by atoms with Crippen LogP contribution in [0.25, 0.3) is 0 Å². The Morgan fingerprint density at radius 1 is 0.818 bits per heavy atom. The number of rotatable bonds is 0. The van der Waals surface area contributed by atoms with Crippen LogP contribution in [0.3, 0.4) is 0 Å². The van der Waals surface area contributed by atoms with Gasteiger partial charge in [-0.3, -0.25) is 0 Å². The SMILES string of the molecule is C1CCCCC1.C=CC.CC. The topological polar surface area (TPSA) is 0 Å². The van der Waals surface area contributed by atoms with Crippen LogP contribution in [0.15, 0.2) is 12.7 Å². The molecule has 0 nitrogen and oxygen atoms in total. The minimum Gasteiger partial charge on any atom is -0.103 e. The van der Waals surface area contributed by atoms with Crippen LogP contribution in [0.2, 0.25) is 0 Å². The maximum atomic E-state index is 3.36. The molecule has 0 saturated heterocycles. The Labute approximate surface area is 72.7 Å². The van der Waals surface area contributed by atoms with Crippen molar-refractivity contribution in [2.45, 2.75) is 59.3 Å². The molecular weight excluding hydrogens is 132 g/mol. The van der Waals surface area contributed by atoms with Gasteiger partial charge in [-0.25, -0.2) is 0 Å². The molecule has 0 aliphatic heterocycles. The van der Waals surface area contributed by atoms with Crippen molar-refractivity contribution in [3.05, 3.63) is 12.7 Å². The van der Waals surface area contributed by atoms with E-state index in [1.54, 1.807) is 6.08 Å². The summed E-state index contributed by atoms with van der Waals surface area (Å²) in [6, 6.07) is 0. The van der Waals surface area contributed by atoms with E-state index in [2.05, 4.69) is 6.58 Å². The fraction of sp³-hybridized carbons (Fsp3) is 0.818. The third-order valence-electron chi connectivity index (χ3n) is 1.50. The van der Waals surface area contributed by atoms with E-state index in [0.29, 0.717) is 0 Å². The normalized spacial score (nSPS) is 14.8. The van der Waals surface area contributed by atoms with E-state index >= 15 is 0 Å². The molecule has 0 bridgehead atoms. The smallest absolute Gasteiger partial charge is 0.0473 e. The average Bonchev–Trinajstić information content (AvgIpc) is 2.12. The molecular formula is C11H24. The van der Waals surface area contributed by atoms with Gasteiger partial charge in [0.1, 0.15) is 0 Å². The molecule has 0 heterocycles. The molecule has 0 amide bonds. The maximum Gasteiger partial charge on any atom is -0.0473 e. The van der Waals surface area contributed by atoms with Gasteiger partial charge < -0.3 is 0 Å². The zero-order valence-electron chi connectivity index (χ0n) is 8.53. The van der Waals surface area contributed by atoms with Crippen molar-refractivity contribution in [3.8, 4) is 0 Å². The van der Waals surface area contributed by atoms with E-state index in [0.717, 1.165) is 0 Å². The molecule has 0 spiro atoms. The molecule has 0 aromatic rings.